The van der Waals surface area contributed by atoms with E-state index in [1.165, 1.54) is 12.8 Å². The van der Waals surface area contributed by atoms with E-state index in [2.05, 4.69) is 18.9 Å². The van der Waals surface area contributed by atoms with E-state index in [-0.39, 0.29) is 6.04 Å². The molecule has 0 heterocycles. The molecule has 3 atom stereocenters. The molecule has 2 saturated carbocycles. The molecule has 0 aromatic heterocycles. The van der Waals surface area contributed by atoms with Gasteiger partial charge in [0.15, 0.2) is 0 Å². The van der Waals surface area contributed by atoms with Gasteiger partial charge in [0.25, 0.3) is 0 Å². The third-order valence-electron chi connectivity index (χ3n) is 3.85. The van der Waals surface area contributed by atoms with Crippen LogP contribution in [0.3, 0.4) is 0 Å². The van der Waals surface area contributed by atoms with Crippen molar-refractivity contribution in [1.29, 1.82) is 0 Å². The Kier molecular flexibility index (Phi) is 2.91. The molecule has 2 rings (SSSR count). The Labute approximate surface area is 86.7 Å². The van der Waals surface area contributed by atoms with Crippen molar-refractivity contribution in [2.75, 3.05) is 13.6 Å². The fraction of sp³-hybridized carbons (Fsp3) is 0.917. The first-order valence-electron chi connectivity index (χ1n) is 5.91. The second-order valence-corrected chi connectivity index (χ2v) is 5.14. The van der Waals surface area contributed by atoms with Gasteiger partial charge >= 0.3 is 0 Å². The zero-order valence-electron chi connectivity index (χ0n) is 9.33. The highest BCUT2D eigenvalue weighted by atomic mass is 16.1. The number of Topliss-reactive ketones (excluding diaryl/α,β-unsaturated/α-hetero) is 1. The van der Waals surface area contributed by atoms with Crippen molar-refractivity contribution >= 4 is 5.78 Å². The number of nitrogens with zero attached hydrogens (tertiary/aromatic N) is 1. The maximum absolute atomic E-state index is 11.7. The molecule has 0 bridgehead atoms. The predicted molar refractivity (Wildman–Crippen MR) is 57.2 cm³/mol. The van der Waals surface area contributed by atoms with Crippen LogP contribution >= 0.6 is 0 Å². The molecular formula is C12H21NO. The molecule has 0 radical (unpaired) electrons. The molecule has 14 heavy (non-hydrogen) atoms. The Morgan fingerprint density at radius 3 is 2.71 bits per heavy atom. The van der Waals surface area contributed by atoms with Crippen molar-refractivity contribution in [3.05, 3.63) is 0 Å². The summed E-state index contributed by atoms with van der Waals surface area (Å²) >= 11 is 0. The van der Waals surface area contributed by atoms with Crippen molar-refractivity contribution in [1.82, 2.24) is 4.90 Å². The minimum atomic E-state index is 0.247. The van der Waals surface area contributed by atoms with Gasteiger partial charge < -0.3 is 0 Å². The van der Waals surface area contributed by atoms with E-state index < -0.39 is 0 Å². The van der Waals surface area contributed by atoms with E-state index in [1.54, 1.807) is 0 Å². The summed E-state index contributed by atoms with van der Waals surface area (Å²) in [5.41, 5.74) is 0. The number of rotatable bonds is 3. The molecule has 2 aliphatic carbocycles. The Bertz CT molecular complexity index is 226. The second kappa shape index (κ2) is 4.01. The molecule has 2 heteroatoms. The maximum Gasteiger partial charge on any atom is 0.149 e. The lowest BCUT2D eigenvalue weighted by atomic mass is 9.93. The molecule has 0 aliphatic heterocycles. The van der Waals surface area contributed by atoms with Gasteiger partial charge in [-0.2, -0.15) is 0 Å². The lowest BCUT2D eigenvalue weighted by Crippen LogP contribution is -2.41. The smallest absolute Gasteiger partial charge is 0.149 e. The number of ketones is 1. The van der Waals surface area contributed by atoms with Crippen molar-refractivity contribution in [3.63, 3.8) is 0 Å². The van der Waals surface area contributed by atoms with Gasteiger partial charge in [-0.15, -0.1) is 0 Å². The Morgan fingerprint density at radius 2 is 2.14 bits per heavy atom. The molecule has 2 fully saturated rings. The van der Waals surface area contributed by atoms with Gasteiger partial charge in [-0.05, 0) is 38.1 Å². The van der Waals surface area contributed by atoms with Gasteiger partial charge in [-0.1, -0.05) is 13.3 Å². The highest BCUT2D eigenvalue weighted by molar-refractivity contribution is 5.84. The number of carbonyl (C=O) groups excluding carboxylic acids is 1. The largest absolute Gasteiger partial charge is 0.298 e. The number of likely N-dealkylation sites (N-methyl/N-ethyl adjacent to an activating group) is 1. The average molecular weight is 195 g/mol. The van der Waals surface area contributed by atoms with Crippen LogP contribution < -0.4 is 0 Å². The van der Waals surface area contributed by atoms with Crippen LogP contribution in [0.15, 0.2) is 0 Å². The second-order valence-electron chi connectivity index (χ2n) is 5.14. The number of hydrogen-bond donors (Lipinski definition) is 0. The summed E-state index contributed by atoms with van der Waals surface area (Å²) in [7, 11) is 2.12. The van der Waals surface area contributed by atoms with E-state index >= 15 is 0 Å². The summed E-state index contributed by atoms with van der Waals surface area (Å²) < 4.78 is 0. The molecule has 0 aromatic carbocycles. The fourth-order valence-corrected chi connectivity index (χ4v) is 2.58. The first kappa shape index (κ1) is 10.2. The summed E-state index contributed by atoms with van der Waals surface area (Å²) in [6.07, 6.45) is 5.63. The minimum absolute atomic E-state index is 0.247. The molecule has 0 spiro atoms. The molecule has 0 saturated heterocycles. The van der Waals surface area contributed by atoms with Gasteiger partial charge in [0.1, 0.15) is 5.78 Å². The monoisotopic (exact) mass is 195 g/mol. The van der Waals surface area contributed by atoms with Crippen LogP contribution in [-0.2, 0) is 4.79 Å². The SMILES string of the molecule is CC1CC1CN(C)C1CCCCC1=O. The first-order valence-corrected chi connectivity index (χ1v) is 5.91. The third-order valence-corrected chi connectivity index (χ3v) is 3.85. The lowest BCUT2D eigenvalue weighted by Gasteiger charge is -2.29. The van der Waals surface area contributed by atoms with Gasteiger partial charge in [-0.25, -0.2) is 0 Å². The molecule has 0 amide bonds. The lowest BCUT2D eigenvalue weighted by molar-refractivity contribution is -0.125. The molecule has 2 aliphatic rings. The van der Waals surface area contributed by atoms with E-state index in [1.807, 2.05) is 0 Å². The van der Waals surface area contributed by atoms with Crippen LogP contribution in [-0.4, -0.2) is 30.3 Å². The summed E-state index contributed by atoms with van der Waals surface area (Å²) in [5.74, 6) is 2.25. The van der Waals surface area contributed by atoms with Crippen LogP contribution in [0.1, 0.15) is 39.0 Å². The molecule has 0 N–H and O–H groups in total. The molecular weight excluding hydrogens is 174 g/mol. The highest BCUT2D eigenvalue weighted by Gasteiger charge is 2.36. The van der Waals surface area contributed by atoms with Crippen LogP contribution in [0, 0.1) is 11.8 Å². The van der Waals surface area contributed by atoms with Gasteiger partial charge in [0, 0.05) is 13.0 Å². The quantitative estimate of drug-likeness (QED) is 0.687. The summed E-state index contributed by atoms with van der Waals surface area (Å²) in [5, 5.41) is 0. The third kappa shape index (κ3) is 2.17. The fourth-order valence-electron chi connectivity index (χ4n) is 2.58. The molecule has 80 valence electrons. The van der Waals surface area contributed by atoms with Crippen LogP contribution in [0.4, 0.5) is 0 Å². The van der Waals surface area contributed by atoms with Crippen molar-refractivity contribution in [2.45, 2.75) is 45.1 Å². The Balaban J connectivity index is 1.83. The van der Waals surface area contributed by atoms with Crippen molar-refractivity contribution in [2.24, 2.45) is 11.8 Å². The van der Waals surface area contributed by atoms with Gasteiger partial charge in [0.2, 0.25) is 0 Å². The standard InChI is InChI=1S/C12H21NO/c1-9-7-10(9)8-13(2)11-5-3-4-6-12(11)14/h9-11H,3-8H2,1-2H3. The van der Waals surface area contributed by atoms with Crippen LogP contribution in [0.25, 0.3) is 0 Å². The van der Waals surface area contributed by atoms with E-state index in [0.29, 0.717) is 5.78 Å². The summed E-state index contributed by atoms with van der Waals surface area (Å²) in [4.78, 5) is 14.0. The highest BCUT2D eigenvalue weighted by Crippen LogP contribution is 2.38. The first-order chi connectivity index (χ1) is 6.68. The number of hydrogen-bond acceptors (Lipinski definition) is 2. The average Bonchev–Trinajstić information content (AvgIpc) is 2.82. The predicted octanol–water partition coefficient (Wildman–Crippen LogP) is 2.09. The van der Waals surface area contributed by atoms with E-state index in [4.69, 9.17) is 0 Å². The molecule has 3 unspecified atom stereocenters. The van der Waals surface area contributed by atoms with Crippen LogP contribution in [0.5, 0.6) is 0 Å². The summed E-state index contributed by atoms with van der Waals surface area (Å²) in [6, 6.07) is 0.247. The van der Waals surface area contributed by atoms with Crippen molar-refractivity contribution < 1.29 is 4.79 Å². The Hall–Kier alpha value is -0.370. The van der Waals surface area contributed by atoms with Crippen LogP contribution in [0.2, 0.25) is 0 Å². The molecule has 2 nitrogen and oxygen atoms in total. The number of carbonyl (C=O) groups is 1. The zero-order chi connectivity index (χ0) is 10.1. The molecule has 0 aromatic rings. The van der Waals surface area contributed by atoms with Gasteiger partial charge in [0.05, 0.1) is 6.04 Å². The topological polar surface area (TPSA) is 20.3 Å². The summed E-state index contributed by atoms with van der Waals surface area (Å²) in [6.45, 7) is 3.44. The zero-order valence-corrected chi connectivity index (χ0v) is 9.33. The maximum atomic E-state index is 11.7. The Morgan fingerprint density at radius 1 is 1.43 bits per heavy atom. The van der Waals surface area contributed by atoms with E-state index in [9.17, 15) is 4.79 Å². The van der Waals surface area contributed by atoms with Crippen molar-refractivity contribution in [3.8, 4) is 0 Å². The van der Waals surface area contributed by atoms with Gasteiger partial charge in [-0.3, -0.25) is 9.69 Å². The van der Waals surface area contributed by atoms with E-state index in [0.717, 1.165) is 37.6 Å². The minimum Gasteiger partial charge on any atom is -0.298 e. The normalized spacial score (nSPS) is 37.6.